The lowest BCUT2D eigenvalue weighted by molar-refractivity contribution is -0.138. The molecule has 0 N–H and O–H groups in total. The maximum Gasteiger partial charge on any atom is 0.338 e. The van der Waals surface area contributed by atoms with Crippen LogP contribution >= 0.6 is 11.3 Å². The summed E-state index contributed by atoms with van der Waals surface area (Å²) in [5.41, 5.74) is 2.10. The summed E-state index contributed by atoms with van der Waals surface area (Å²) in [7, 11) is 1.58. The fourth-order valence-electron chi connectivity index (χ4n) is 3.92. The average molecular weight is 491 g/mol. The molecule has 0 unspecified atom stereocenters. The van der Waals surface area contributed by atoms with Gasteiger partial charge in [0.2, 0.25) is 0 Å². The van der Waals surface area contributed by atoms with E-state index in [9.17, 15) is 9.59 Å². The van der Waals surface area contributed by atoms with Gasteiger partial charge in [-0.25, -0.2) is 9.79 Å². The number of ether oxygens (including phenoxy) is 3. The lowest BCUT2D eigenvalue weighted by Gasteiger charge is -2.24. The summed E-state index contributed by atoms with van der Waals surface area (Å²) in [6, 6.07) is 14.1. The molecule has 0 bridgehead atoms. The molecular weight excluding hydrogens is 464 g/mol. The number of carbonyl (C=O) groups is 1. The van der Waals surface area contributed by atoms with Crippen LogP contribution in [-0.2, 0) is 9.53 Å². The first-order chi connectivity index (χ1) is 17.0. The highest BCUT2D eigenvalue weighted by Gasteiger charge is 2.33. The topological polar surface area (TPSA) is 79.1 Å². The van der Waals surface area contributed by atoms with Crippen LogP contribution in [0.1, 0.15) is 31.0 Å². The van der Waals surface area contributed by atoms with E-state index in [4.69, 9.17) is 14.2 Å². The Morgan fingerprint density at radius 1 is 1.20 bits per heavy atom. The van der Waals surface area contributed by atoms with Crippen LogP contribution in [-0.4, -0.2) is 30.9 Å². The third-order valence-corrected chi connectivity index (χ3v) is 6.49. The predicted octanol–water partition coefficient (Wildman–Crippen LogP) is 3.37. The minimum Gasteiger partial charge on any atom is -0.497 e. The van der Waals surface area contributed by atoms with E-state index in [1.807, 2.05) is 43.3 Å². The lowest BCUT2D eigenvalue weighted by atomic mass is 9.96. The van der Waals surface area contributed by atoms with Crippen molar-refractivity contribution in [3.05, 3.63) is 103 Å². The van der Waals surface area contributed by atoms with Crippen molar-refractivity contribution in [2.24, 2.45) is 4.99 Å². The number of nitrogens with zero attached hydrogens (tertiary/aromatic N) is 2. The molecule has 7 nitrogen and oxygen atoms in total. The summed E-state index contributed by atoms with van der Waals surface area (Å²) in [6.45, 7) is 7.84. The molecule has 0 fully saturated rings. The number of para-hydroxylation sites is 1. The number of aromatic nitrogens is 1. The Labute approximate surface area is 206 Å². The summed E-state index contributed by atoms with van der Waals surface area (Å²) in [6.07, 6.45) is 3.30. The van der Waals surface area contributed by atoms with E-state index >= 15 is 0 Å². The second kappa shape index (κ2) is 10.6. The van der Waals surface area contributed by atoms with Crippen molar-refractivity contribution in [2.75, 3.05) is 20.3 Å². The van der Waals surface area contributed by atoms with Gasteiger partial charge in [-0.1, -0.05) is 54.3 Å². The van der Waals surface area contributed by atoms with E-state index in [0.29, 0.717) is 38.7 Å². The van der Waals surface area contributed by atoms with Gasteiger partial charge in [0.1, 0.15) is 18.1 Å². The molecule has 3 aromatic rings. The largest absolute Gasteiger partial charge is 0.497 e. The Morgan fingerprint density at radius 2 is 1.94 bits per heavy atom. The second-order valence-electron chi connectivity index (χ2n) is 7.71. The van der Waals surface area contributed by atoms with E-state index in [-0.39, 0.29) is 12.2 Å². The number of thiazole rings is 1. The van der Waals surface area contributed by atoms with E-state index < -0.39 is 12.0 Å². The third kappa shape index (κ3) is 4.83. The molecule has 0 amide bonds. The molecule has 8 heteroatoms. The Morgan fingerprint density at radius 3 is 2.63 bits per heavy atom. The number of carbonyl (C=O) groups excluding carboxylic acids is 1. The minimum absolute atomic E-state index is 0.0591. The minimum atomic E-state index is -0.696. The van der Waals surface area contributed by atoms with Gasteiger partial charge in [-0.3, -0.25) is 9.36 Å². The third-order valence-electron chi connectivity index (χ3n) is 5.51. The molecular formula is C27H26N2O5S. The molecule has 0 radical (unpaired) electrons. The van der Waals surface area contributed by atoms with Gasteiger partial charge < -0.3 is 14.2 Å². The fraction of sp³-hybridized carbons (Fsp3) is 0.222. The highest BCUT2D eigenvalue weighted by molar-refractivity contribution is 7.07. The summed E-state index contributed by atoms with van der Waals surface area (Å²) < 4.78 is 18.4. The van der Waals surface area contributed by atoms with Gasteiger partial charge in [0, 0.05) is 5.56 Å². The maximum atomic E-state index is 13.7. The van der Waals surface area contributed by atoms with Gasteiger partial charge in [0.05, 0.1) is 35.6 Å². The molecule has 2 aromatic carbocycles. The predicted molar refractivity (Wildman–Crippen MR) is 136 cm³/mol. The van der Waals surface area contributed by atoms with E-state index in [2.05, 4.69) is 11.6 Å². The van der Waals surface area contributed by atoms with Crippen LogP contribution in [0.3, 0.4) is 0 Å². The number of fused-ring (bicyclic) bond motifs is 1. The zero-order chi connectivity index (χ0) is 24.9. The molecule has 4 rings (SSSR count). The van der Waals surface area contributed by atoms with E-state index in [0.717, 1.165) is 11.1 Å². The monoisotopic (exact) mass is 490 g/mol. The number of esters is 1. The van der Waals surface area contributed by atoms with Crippen LogP contribution in [0.2, 0.25) is 0 Å². The molecule has 2 heterocycles. The highest BCUT2D eigenvalue weighted by atomic mass is 32.1. The number of hydrogen-bond donors (Lipinski definition) is 0. The molecule has 1 atom stereocenters. The molecule has 0 saturated heterocycles. The van der Waals surface area contributed by atoms with Crippen molar-refractivity contribution in [1.29, 1.82) is 0 Å². The Kier molecular flexibility index (Phi) is 7.31. The standard InChI is InChI=1S/C27H26N2O5S/c1-5-15-34-26(31)23-17(3)28-27-29(24(23)18-11-13-20(32-4)14-12-18)25(30)22(35-27)16-19-9-7-8-10-21(19)33-6-2/h5,7-14,16,24H,1,6,15H2,2-4H3/b22-16+/t24-/m0/s1. The zero-order valence-corrected chi connectivity index (χ0v) is 20.6. The van der Waals surface area contributed by atoms with Gasteiger partial charge in [-0.2, -0.15) is 0 Å². The van der Waals surface area contributed by atoms with Gasteiger partial charge in [0.15, 0.2) is 4.80 Å². The molecule has 1 aliphatic heterocycles. The molecule has 1 aliphatic rings. The summed E-state index contributed by atoms with van der Waals surface area (Å²) in [5.74, 6) is 0.825. The second-order valence-corrected chi connectivity index (χ2v) is 8.72. The van der Waals surface area contributed by atoms with Crippen molar-refractivity contribution in [2.45, 2.75) is 19.9 Å². The van der Waals surface area contributed by atoms with Crippen LogP contribution in [0.25, 0.3) is 6.08 Å². The molecule has 35 heavy (non-hydrogen) atoms. The molecule has 0 saturated carbocycles. The maximum absolute atomic E-state index is 13.7. The number of rotatable bonds is 8. The Hall–Kier alpha value is -3.91. The Balaban J connectivity index is 1.92. The summed E-state index contributed by atoms with van der Waals surface area (Å²) in [5, 5.41) is 0. The Bertz CT molecular complexity index is 1460. The van der Waals surface area contributed by atoms with Gasteiger partial charge in [-0.15, -0.1) is 0 Å². The normalized spacial score (nSPS) is 15.3. The SMILES string of the molecule is C=CCOC(=O)C1=C(C)N=c2s/c(=C/c3ccccc3OCC)c(=O)n2[C@H]1c1ccc(OC)cc1. The average Bonchev–Trinajstić information content (AvgIpc) is 3.17. The van der Waals surface area contributed by atoms with Crippen LogP contribution < -0.4 is 24.4 Å². The number of hydrogen-bond acceptors (Lipinski definition) is 7. The number of allylic oxidation sites excluding steroid dienone is 1. The van der Waals surface area contributed by atoms with Gasteiger partial charge in [-0.05, 0) is 43.7 Å². The highest BCUT2D eigenvalue weighted by Crippen LogP contribution is 2.31. The van der Waals surface area contributed by atoms with Gasteiger partial charge in [0.25, 0.3) is 5.56 Å². The van der Waals surface area contributed by atoms with E-state index in [1.165, 1.54) is 17.4 Å². The van der Waals surface area contributed by atoms with Crippen LogP contribution in [0.4, 0.5) is 0 Å². The fourth-order valence-corrected chi connectivity index (χ4v) is 4.96. The summed E-state index contributed by atoms with van der Waals surface area (Å²) >= 11 is 1.27. The molecule has 0 aliphatic carbocycles. The first-order valence-electron chi connectivity index (χ1n) is 11.1. The number of benzene rings is 2. The van der Waals surface area contributed by atoms with Crippen LogP contribution in [0.5, 0.6) is 11.5 Å². The molecule has 0 spiro atoms. The first-order valence-corrected chi connectivity index (χ1v) is 12.0. The van der Waals surface area contributed by atoms with Crippen molar-refractivity contribution in [3.8, 4) is 11.5 Å². The first kappa shape index (κ1) is 24.2. The quantitative estimate of drug-likeness (QED) is 0.357. The lowest BCUT2D eigenvalue weighted by Crippen LogP contribution is -2.39. The van der Waals surface area contributed by atoms with E-state index in [1.54, 1.807) is 36.8 Å². The van der Waals surface area contributed by atoms with Crippen LogP contribution in [0.15, 0.2) is 82.2 Å². The van der Waals surface area contributed by atoms with Crippen LogP contribution in [0, 0.1) is 0 Å². The zero-order valence-electron chi connectivity index (χ0n) is 19.8. The summed E-state index contributed by atoms with van der Waals surface area (Å²) in [4.78, 5) is 31.9. The van der Waals surface area contributed by atoms with Crippen molar-refractivity contribution >= 4 is 23.4 Å². The van der Waals surface area contributed by atoms with Crippen molar-refractivity contribution in [3.63, 3.8) is 0 Å². The van der Waals surface area contributed by atoms with Gasteiger partial charge >= 0.3 is 5.97 Å². The molecule has 180 valence electrons. The molecule has 1 aromatic heterocycles. The van der Waals surface area contributed by atoms with Crippen molar-refractivity contribution < 1.29 is 19.0 Å². The van der Waals surface area contributed by atoms with Crippen molar-refractivity contribution in [1.82, 2.24) is 4.57 Å². The number of methoxy groups -OCH3 is 1. The smallest absolute Gasteiger partial charge is 0.338 e.